The SMILES string of the molecule is Cc1ccc(-c2cccc3c2OC(CNC(=O)c2sc(C)nc2C)C3)nc1. The summed E-state index contributed by atoms with van der Waals surface area (Å²) in [5, 5.41) is 3.89. The molecular formula is C21H21N3O2S. The summed E-state index contributed by atoms with van der Waals surface area (Å²) in [4.78, 5) is 21.9. The molecule has 2 aromatic heterocycles. The van der Waals surface area contributed by atoms with Gasteiger partial charge in [0.25, 0.3) is 5.91 Å². The van der Waals surface area contributed by atoms with Gasteiger partial charge in [0, 0.05) is 18.2 Å². The summed E-state index contributed by atoms with van der Waals surface area (Å²) >= 11 is 1.42. The Morgan fingerprint density at radius 1 is 1.26 bits per heavy atom. The lowest BCUT2D eigenvalue weighted by molar-refractivity contribution is 0.0937. The van der Waals surface area contributed by atoms with E-state index < -0.39 is 0 Å². The van der Waals surface area contributed by atoms with E-state index in [0.717, 1.165) is 45.3 Å². The van der Waals surface area contributed by atoms with Gasteiger partial charge in [0.05, 0.1) is 22.9 Å². The number of ether oxygens (including phenoxy) is 1. The number of carbonyl (C=O) groups excluding carboxylic acids is 1. The molecule has 1 atom stereocenters. The summed E-state index contributed by atoms with van der Waals surface area (Å²) in [6.45, 7) is 6.26. The maximum absolute atomic E-state index is 12.4. The number of hydrogen-bond donors (Lipinski definition) is 1. The molecule has 0 saturated carbocycles. The fourth-order valence-electron chi connectivity index (χ4n) is 3.31. The van der Waals surface area contributed by atoms with E-state index in [4.69, 9.17) is 4.74 Å². The second kappa shape index (κ2) is 7.12. The first kappa shape index (κ1) is 17.7. The molecule has 1 amide bonds. The average molecular weight is 379 g/mol. The normalized spacial score (nSPS) is 15.3. The number of nitrogens with zero attached hydrogens (tertiary/aromatic N) is 2. The van der Waals surface area contributed by atoms with Gasteiger partial charge in [-0.05, 0) is 44.0 Å². The fraction of sp³-hybridized carbons (Fsp3) is 0.286. The van der Waals surface area contributed by atoms with Gasteiger partial charge in [0.1, 0.15) is 16.7 Å². The minimum absolute atomic E-state index is 0.0788. The predicted molar refractivity (Wildman–Crippen MR) is 106 cm³/mol. The van der Waals surface area contributed by atoms with E-state index in [1.165, 1.54) is 11.3 Å². The zero-order valence-electron chi connectivity index (χ0n) is 15.6. The molecule has 27 heavy (non-hydrogen) atoms. The summed E-state index contributed by atoms with van der Waals surface area (Å²) in [5.41, 5.74) is 4.95. The Balaban J connectivity index is 1.47. The van der Waals surface area contributed by atoms with Gasteiger partial charge in [-0.1, -0.05) is 18.2 Å². The van der Waals surface area contributed by atoms with Gasteiger partial charge in [0.15, 0.2) is 0 Å². The molecule has 1 aromatic carbocycles. The van der Waals surface area contributed by atoms with Crippen LogP contribution in [0.1, 0.15) is 31.5 Å². The molecule has 3 aromatic rings. The fourth-order valence-corrected chi connectivity index (χ4v) is 4.15. The highest BCUT2D eigenvalue weighted by Gasteiger charge is 2.27. The number of fused-ring (bicyclic) bond motifs is 1. The molecular weight excluding hydrogens is 358 g/mol. The van der Waals surface area contributed by atoms with Crippen molar-refractivity contribution in [3.63, 3.8) is 0 Å². The molecule has 4 rings (SSSR count). The third-order valence-corrected chi connectivity index (χ3v) is 5.69. The van der Waals surface area contributed by atoms with Crippen molar-refractivity contribution in [1.29, 1.82) is 0 Å². The van der Waals surface area contributed by atoms with Crippen LogP contribution >= 0.6 is 11.3 Å². The second-order valence-electron chi connectivity index (χ2n) is 6.82. The molecule has 138 valence electrons. The molecule has 1 aliphatic heterocycles. The quantitative estimate of drug-likeness (QED) is 0.748. The van der Waals surface area contributed by atoms with Crippen LogP contribution in [0.15, 0.2) is 36.5 Å². The summed E-state index contributed by atoms with van der Waals surface area (Å²) in [6, 6.07) is 10.2. The highest BCUT2D eigenvalue weighted by Crippen LogP contribution is 2.37. The highest BCUT2D eigenvalue weighted by atomic mass is 32.1. The van der Waals surface area contributed by atoms with E-state index >= 15 is 0 Å². The second-order valence-corrected chi connectivity index (χ2v) is 8.02. The minimum Gasteiger partial charge on any atom is -0.487 e. The Morgan fingerprint density at radius 2 is 2.11 bits per heavy atom. The zero-order chi connectivity index (χ0) is 19.0. The van der Waals surface area contributed by atoms with Crippen LogP contribution in [-0.4, -0.2) is 28.5 Å². The van der Waals surface area contributed by atoms with Crippen molar-refractivity contribution in [3.05, 3.63) is 63.2 Å². The maximum Gasteiger partial charge on any atom is 0.263 e. The van der Waals surface area contributed by atoms with Crippen LogP contribution in [-0.2, 0) is 6.42 Å². The third kappa shape index (κ3) is 3.57. The van der Waals surface area contributed by atoms with E-state index in [2.05, 4.69) is 21.4 Å². The average Bonchev–Trinajstić information content (AvgIpc) is 3.22. The van der Waals surface area contributed by atoms with Gasteiger partial charge in [-0.2, -0.15) is 0 Å². The number of pyridine rings is 1. The van der Waals surface area contributed by atoms with Gasteiger partial charge in [-0.25, -0.2) is 4.98 Å². The van der Waals surface area contributed by atoms with Crippen molar-refractivity contribution in [1.82, 2.24) is 15.3 Å². The lowest BCUT2D eigenvalue weighted by atomic mass is 10.0. The smallest absolute Gasteiger partial charge is 0.263 e. The summed E-state index contributed by atoms with van der Waals surface area (Å²) in [5.74, 6) is 0.788. The van der Waals surface area contributed by atoms with Crippen LogP contribution in [0, 0.1) is 20.8 Å². The molecule has 1 unspecified atom stereocenters. The Hall–Kier alpha value is -2.73. The van der Waals surface area contributed by atoms with Gasteiger partial charge < -0.3 is 10.1 Å². The van der Waals surface area contributed by atoms with Crippen LogP contribution in [0.4, 0.5) is 0 Å². The van der Waals surface area contributed by atoms with Gasteiger partial charge in [-0.3, -0.25) is 9.78 Å². The van der Waals surface area contributed by atoms with Crippen molar-refractivity contribution in [2.24, 2.45) is 0 Å². The predicted octanol–water partition coefficient (Wildman–Crippen LogP) is 3.86. The molecule has 6 heteroatoms. The molecule has 1 aliphatic rings. The number of hydrogen-bond acceptors (Lipinski definition) is 5. The summed E-state index contributed by atoms with van der Waals surface area (Å²) < 4.78 is 6.18. The van der Waals surface area contributed by atoms with Crippen LogP contribution in [0.5, 0.6) is 5.75 Å². The first-order valence-corrected chi connectivity index (χ1v) is 9.76. The monoisotopic (exact) mass is 379 g/mol. The van der Waals surface area contributed by atoms with Gasteiger partial charge in [-0.15, -0.1) is 11.3 Å². The number of aromatic nitrogens is 2. The van der Waals surface area contributed by atoms with Crippen molar-refractivity contribution in [2.45, 2.75) is 33.3 Å². The van der Waals surface area contributed by atoms with E-state index in [1.54, 1.807) is 0 Å². The number of thiazole rings is 1. The molecule has 0 radical (unpaired) electrons. The van der Waals surface area contributed by atoms with Gasteiger partial charge in [0.2, 0.25) is 0 Å². The number of para-hydroxylation sites is 1. The lowest BCUT2D eigenvalue weighted by Crippen LogP contribution is -2.34. The summed E-state index contributed by atoms with van der Waals surface area (Å²) in [6.07, 6.45) is 2.56. The topological polar surface area (TPSA) is 64.1 Å². The van der Waals surface area contributed by atoms with Gasteiger partial charge >= 0.3 is 0 Å². The summed E-state index contributed by atoms with van der Waals surface area (Å²) in [7, 11) is 0. The first-order valence-electron chi connectivity index (χ1n) is 8.95. The number of rotatable bonds is 4. The highest BCUT2D eigenvalue weighted by molar-refractivity contribution is 7.13. The standard InChI is InChI=1S/C21H21N3O2S/c1-12-7-8-18(22-10-12)17-6-4-5-15-9-16(26-19(15)17)11-23-21(25)20-13(2)24-14(3)27-20/h4-8,10,16H,9,11H2,1-3H3,(H,23,25). The molecule has 0 saturated heterocycles. The lowest BCUT2D eigenvalue weighted by Gasteiger charge is -2.13. The largest absolute Gasteiger partial charge is 0.487 e. The Kier molecular flexibility index (Phi) is 4.66. The van der Waals surface area contributed by atoms with E-state index in [9.17, 15) is 4.79 Å². The number of aryl methyl sites for hydroxylation is 3. The minimum atomic E-state index is -0.0851. The van der Waals surface area contributed by atoms with Crippen molar-refractivity contribution in [3.8, 4) is 17.0 Å². The molecule has 0 bridgehead atoms. The van der Waals surface area contributed by atoms with Crippen LogP contribution in [0.2, 0.25) is 0 Å². The third-order valence-electron chi connectivity index (χ3n) is 4.62. The van der Waals surface area contributed by atoms with Crippen LogP contribution < -0.4 is 10.1 Å². The number of nitrogens with one attached hydrogen (secondary N) is 1. The van der Waals surface area contributed by atoms with E-state index in [0.29, 0.717) is 11.4 Å². The number of carbonyl (C=O) groups is 1. The first-order chi connectivity index (χ1) is 13.0. The van der Waals surface area contributed by atoms with Crippen molar-refractivity contribution < 1.29 is 9.53 Å². The molecule has 5 nitrogen and oxygen atoms in total. The number of amides is 1. The van der Waals surface area contributed by atoms with Crippen molar-refractivity contribution in [2.75, 3.05) is 6.54 Å². The molecule has 0 fully saturated rings. The van der Waals surface area contributed by atoms with Crippen LogP contribution in [0.3, 0.4) is 0 Å². The Labute approximate surface area is 162 Å². The maximum atomic E-state index is 12.4. The molecule has 0 aliphatic carbocycles. The zero-order valence-corrected chi connectivity index (χ0v) is 16.4. The molecule has 0 spiro atoms. The molecule has 1 N–H and O–H groups in total. The van der Waals surface area contributed by atoms with Crippen molar-refractivity contribution >= 4 is 17.2 Å². The number of benzene rings is 1. The molecule has 3 heterocycles. The van der Waals surface area contributed by atoms with E-state index in [-0.39, 0.29) is 12.0 Å². The Morgan fingerprint density at radius 3 is 2.81 bits per heavy atom. The Bertz CT molecular complexity index is 995. The van der Waals surface area contributed by atoms with E-state index in [1.807, 2.05) is 51.2 Å². The van der Waals surface area contributed by atoms with Crippen LogP contribution in [0.25, 0.3) is 11.3 Å².